The second kappa shape index (κ2) is 7.72. The van der Waals surface area contributed by atoms with Crippen LogP contribution >= 0.6 is 0 Å². The number of ether oxygens (including phenoxy) is 3. The van der Waals surface area contributed by atoms with E-state index >= 15 is 4.39 Å². The van der Waals surface area contributed by atoms with Crippen molar-refractivity contribution < 1.29 is 24.1 Å². The zero-order valence-corrected chi connectivity index (χ0v) is 17.0. The van der Waals surface area contributed by atoms with Crippen molar-refractivity contribution in [1.29, 1.82) is 0 Å². The number of aryl methyl sites for hydroxylation is 1. The highest BCUT2D eigenvalue weighted by Crippen LogP contribution is 2.35. The summed E-state index contributed by atoms with van der Waals surface area (Å²) >= 11 is 0. The van der Waals surface area contributed by atoms with Crippen LogP contribution in [0.4, 0.5) is 10.2 Å². The Morgan fingerprint density at radius 3 is 2.81 bits per heavy atom. The lowest BCUT2D eigenvalue weighted by Gasteiger charge is -2.36. The van der Waals surface area contributed by atoms with Crippen molar-refractivity contribution in [2.75, 3.05) is 31.1 Å². The van der Waals surface area contributed by atoms with Gasteiger partial charge in [-0.25, -0.2) is 9.37 Å². The summed E-state index contributed by atoms with van der Waals surface area (Å²) in [6.07, 6.45) is -0.378. The van der Waals surface area contributed by atoms with Gasteiger partial charge < -0.3 is 19.1 Å². The SMILES string of the molecule is [2H]C1([2H])Oc2ccc(O[C@H]3CCN(c4nn5c(=O)ccnc5c(C)c4C)C[C@H]3F)cc2OC1([2H])[2H]. The lowest BCUT2D eigenvalue weighted by molar-refractivity contribution is 0.0809. The fourth-order valence-corrected chi connectivity index (χ4v) is 3.82. The minimum atomic E-state index is -2.70. The molecule has 0 aliphatic carbocycles. The molecule has 2 aliphatic heterocycles. The monoisotopic (exact) mass is 430 g/mol. The Morgan fingerprint density at radius 1 is 1.19 bits per heavy atom. The molecule has 0 spiro atoms. The molecule has 1 fully saturated rings. The highest BCUT2D eigenvalue weighted by molar-refractivity contribution is 5.59. The summed E-state index contributed by atoms with van der Waals surface area (Å²) < 4.78 is 63.3. The largest absolute Gasteiger partial charge is 0.487 e. The number of piperidine rings is 1. The third kappa shape index (κ3) is 3.54. The van der Waals surface area contributed by atoms with Crippen LogP contribution in [0.15, 0.2) is 35.3 Å². The molecule has 0 saturated carbocycles. The molecule has 0 N–H and O–H groups in total. The van der Waals surface area contributed by atoms with Crippen molar-refractivity contribution in [3.63, 3.8) is 0 Å². The average molecular weight is 430 g/mol. The molecule has 5 rings (SSSR count). The summed E-state index contributed by atoms with van der Waals surface area (Å²) in [5.41, 5.74) is 1.76. The molecule has 0 bridgehead atoms. The van der Waals surface area contributed by atoms with Crippen LogP contribution < -0.4 is 24.7 Å². The standard InChI is InChI=1S/C22H23FN4O4/c1-13-14(2)22(25-27-20(28)5-7-24-21(13)27)26-8-6-17(16(23)12-26)31-15-3-4-18-19(11-15)30-10-9-29-18/h3-5,7,11,16-17H,6,8-10,12H2,1-2H3/t16-,17+/m1/s1/i9D2,10D2. The smallest absolute Gasteiger partial charge is 0.274 e. The van der Waals surface area contributed by atoms with E-state index in [1.165, 1.54) is 35.0 Å². The summed E-state index contributed by atoms with van der Waals surface area (Å²) in [5.74, 6) is 0.769. The van der Waals surface area contributed by atoms with Gasteiger partial charge in [0.1, 0.15) is 25.0 Å². The zero-order valence-electron chi connectivity index (χ0n) is 21.0. The first-order chi connectivity index (χ1) is 16.5. The Bertz CT molecular complexity index is 1370. The maximum Gasteiger partial charge on any atom is 0.274 e. The minimum absolute atomic E-state index is 0.00573. The van der Waals surface area contributed by atoms with Crippen LogP contribution in [0, 0.1) is 13.8 Å². The van der Waals surface area contributed by atoms with Gasteiger partial charge in [0.2, 0.25) is 0 Å². The summed E-state index contributed by atoms with van der Waals surface area (Å²) in [6.45, 7) is -1.21. The number of alkyl halides is 1. The predicted octanol–water partition coefficient (Wildman–Crippen LogP) is 2.47. The van der Waals surface area contributed by atoms with Gasteiger partial charge in [-0.2, -0.15) is 4.52 Å². The fraction of sp³-hybridized carbons (Fsp3) is 0.409. The van der Waals surface area contributed by atoms with Crippen LogP contribution in [0.3, 0.4) is 0 Å². The number of fused-ring (bicyclic) bond motifs is 2. The van der Waals surface area contributed by atoms with Gasteiger partial charge in [-0.3, -0.25) is 4.79 Å². The van der Waals surface area contributed by atoms with Crippen molar-refractivity contribution >= 4 is 11.5 Å². The topological polar surface area (TPSA) is 78.2 Å². The van der Waals surface area contributed by atoms with Crippen LogP contribution in [0.2, 0.25) is 0 Å². The van der Waals surface area contributed by atoms with Crippen molar-refractivity contribution in [3.05, 3.63) is 51.9 Å². The molecule has 8 nitrogen and oxygen atoms in total. The van der Waals surface area contributed by atoms with Gasteiger partial charge in [0, 0.05) is 42.4 Å². The van der Waals surface area contributed by atoms with Crippen LogP contribution in [0.1, 0.15) is 23.0 Å². The van der Waals surface area contributed by atoms with E-state index in [9.17, 15) is 4.79 Å². The maximum absolute atomic E-state index is 15.2. The van der Waals surface area contributed by atoms with E-state index in [-0.39, 0.29) is 29.4 Å². The van der Waals surface area contributed by atoms with E-state index in [0.717, 1.165) is 11.1 Å². The summed E-state index contributed by atoms with van der Waals surface area (Å²) in [7, 11) is 0. The molecule has 162 valence electrons. The van der Waals surface area contributed by atoms with Crippen LogP contribution in [0.25, 0.3) is 5.65 Å². The van der Waals surface area contributed by atoms with Crippen molar-refractivity contribution in [3.8, 4) is 17.2 Å². The first kappa shape index (κ1) is 15.4. The highest BCUT2D eigenvalue weighted by Gasteiger charge is 2.33. The normalized spacial score (nSPS) is 25.8. The fourth-order valence-electron chi connectivity index (χ4n) is 3.82. The summed E-state index contributed by atoms with van der Waals surface area (Å²) in [6, 6.07) is 5.58. The molecule has 0 amide bonds. The molecule has 2 atom stereocenters. The zero-order chi connectivity index (χ0) is 25.1. The van der Waals surface area contributed by atoms with Crippen LogP contribution in [-0.4, -0.2) is 53.1 Å². The van der Waals surface area contributed by atoms with Gasteiger partial charge >= 0.3 is 0 Å². The number of nitrogens with zero attached hydrogens (tertiary/aromatic N) is 4. The van der Waals surface area contributed by atoms with Crippen molar-refractivity contribution in [1.82, 2.24) is 14.6 Å². The first-order valence-corrected chi connectivity index (χ1v) is 9.90. The number of benzene rings is 1. The van der Waals surface area contributed by atoms with E-state index in [1.54, 1.807) is 4.90 Å². The Morgan fingerprint density at radius 2 is 2.00 bits per heavy atom. The molecular weight excluding hydrogens is 403 g/mol. The van der Waals surface area contributed by atoms with Gasteiger partial charge in [0.15, 0.2) is 29.1 Å². The number of hydrogen-bond acceptors (Lipinski definition) is 7. The lowest BCUT2D eigenvalue weighted by atomic mass is 10.0. The van der Waals surface area contributed by atoms with E-state index in [1.807, 2.05) is 13.8 Å². The van der Waals surface area contributed by atoms with E-state index in [4.69, 9.17) is 19.7 Å². The minimum Gasteiger partial charge on any atom is -0.487 e. The number of rotatable bonds is 3. The molecule has 4 heterocycles. The third-order valence-corrected chi connectivity index (χ3v) is 5.60. The van der Waals surface area contributed by atoms with Gasteiger partial charge in [-0.05, 0) is 26.0 Å². The molecule has 31 heavy (non-hydrogen) atoms. The van der Waals surface area contributed by atoms with Gasteiger partial charge in [-0.15, -0.1) is 5.10 Å². The summed E-state index contributed by atoms with van der Waals surface area (Å²) in [5, 5.41) is 4.44. The van der Waals surface area contributed by atoms with Crippen molar-refractivity contribution in [2.45, 2.75) is 32.5 Å². The number of aromatic nitrogens is 3. The predicted molar refractivity (Wildman–Crippen MR) is 112 cm³/mol. The lowest BCUT2D eigenvalue weighted by Crippen LogP contribution is -2.48. The Balaban J connectivity index is 1.33. The quantitative estimate of drug-likeness (QED) is 0.632. The molecule has 3 aromatic rings. The van der Waals surface area contributed by atoms with Crippen LogP contribution in [0.5, 0.6) is 17.2 Å². The molecule has 2 aliphatic rings. The Hall–Kier alpha value is -3.36. The van der Waals surface area contributed by atoms with Gasteiger partial charge in [0.05, 0.1) is 12.0 Å². The Kier molecular flexibility index (Phi) is 3.84. The summed E-state index contributed by atoms with van der Waals surface area (Å²) in [4.78, 5) is 18.3. The average Bonchev–Trinajstić information content (AvgIpc) is 2.78. The maximum atomic E-state index is 15.2. The molecule has 1 aromatic carbocycles. The third-order valence-electron chi connectivity index (χ3n) is 5.60. The molecule has 0 radical (unpaired) electrons. The molecule has 0 unspecified atom stereocenters. The molecular formula is C22H23FN4O4. The van der Waals surface area contributed by atoms with E-state index < -0.39 is 25.4 Å². The number of hydrogen-bond donors (Lipinski definition) is 0. The highest BCUT2D eigenvalue weighted by atomic mass is 19.1. The molecule has 2 aromatic heterocycles. The molecule has 1 saturated heterocycles. The molecule has 9 heteroatoms. The first-order valence-electron chi connectivity index (χ1n) is 11.9. The van der Waals surface area contributed by atoms with Gasteiger partial charge in [-0.1, -0.05) is 0 Å². The van der Waals surface area contributed by atoms with Crippen molar-refractivity contribution in [2.24, 2.45) is 0 Å². The van der Waals surface area contributed by atoms with Gasteiger partial charge in [0.25, 0.3) is 5.56 Å². The Labute approximate surface area is 183 Å². The second-order valence-electron chi connectivity index (χ2n) is 7.52. The van der Waals surface area contributed by atoms with E-state index in [0.29, 0.717) is 24.4 Å². The number of anilines is 1. The van der Waals surface area contributed by atoms with E-state index in [2.05, 4.69) is 10.1 Å². The second-order valence-corrected chi connectivity index (χ2v) is 7.52. The number of halogens is 1. The van der Waals surface area contributed by atoms with Crippen LogP contribution in [-0.2, 0) is 0 Å².